The molecule has 4 N–H and O–H groups in total. The Labute approximate surface area is 205 Å². The molecule has 0 aliphatic carbocycles. The maximum atomic E-state index is 11.5. The minimum atomic E-state index is -2.11. The third kappa shape index (κ3) is 6.54. The second-order valence-corrected chi connectivity index (χ2v) is 10.7. The van der Waals surface area contributed by atoms with Crippen molar-refractivity contribution in [2.24, 2.45) is 0 Å². The van der Waals surface area contributed by atoms with Crippen LogP contribution in [0.3, 0.4) is 0 Å². The number of nitrogens with zero attached hydrogens (tertiary/aromatic N) is 2. The Morgan fingerprint density at radius 1 is 1.30 bits per heavy atom. The molecule has 2 unspecified atom stereocenters. The summed E-state index contributed by atoms with van der Waals surface area (Å²) in [5.74, 6) is -0.359. The van der Waals surface area contributed by atoms with Gasteiger partial charge in [0.15, 0.2) is 0 Å². The molecule has 0 spiro atoms. The molecule has 33 heavy (non-hydrogen) atoms. The van der Waals surface area contributed by atoms with E-state index in [1.54, 1.807) is 35.2 Å². The van der Waals surface area contributed by atoms with Gasteiger partial charge in [-0.2, -0.15) is 0 Å². The first-order valence-corrected chi connectivity index (χ1v) is 13.5. The highest BCUT2D eigenvalue weighted by Gasteiger charge is 2.26. The number of carbonyl (C=O) groups is 1. The molecule has 1 aliphatic heterocycles. The van der Waals surface area contributed by atoms with Gasteiger partial charge >= 0.3 is 5.97 Å². The lowest BCUT2D eigenvalue weighted by atomic mass is 10.0. The average molecular weight is 524 g/mol. The molecule has 3 aromatic rings. The number of rotatable bonds is 10. The minimum Gasteiger partial charge on any atom is -0.469 e. The van der Waals surface area contributed by atoms with E-state index in [9.17, 15) is 9.00 Å². The van der Waals surface area contributed by atoms with Crippen molar-refractivity contribution in [1.82, 2.24) is 15.5 Å². The smallest absolute Gasteiger partial charge is 0.312 e. The minimum absolute atomic E-state index is 0.0818. The van der Waals surface area contributed by atoms with E-state index in [2.05, 4.69) is 42.4 Å². The molecule has 13 heteroatoms. The fourth-order valence-electron chi connectivity index (χ4n) is 3.13. The molecule has 9 nitrogen and oxygen atoms in total. The van der Waals surface area contributed by atoms with Crippen LogP contribution in [-0.2, 0) is 33.6 Å². The molecule has 4 rings (SSSR count). The van der Waals surface area contributed by atoms with Crippen molar-refractivity contribution < 1.29 is 18.3 Å². The van der Waals surface area contributed by atoms with E-state index < -0.39 is 11.3 Å². The van der Waals surface area contributed by atoms with Crippen LogP contribution in [0.15, 0.2) is 52.9 Å². The summed E-state index contributed by atoms with van der Waals surface area (Å²) in [6.07, 6.45) is 0.726. The van der Waals surface area contributed by atoms with Crippen LogP contribution >= 0.6 is 34.4 Å². The molecular formula is C20H21N5O4S4. The van der Waals surface area contributed by atoms with Gasteiger partial charge in [0.05, 0.1) is 19.6 Å². The number of esters is 1. The van der Waals surface area contributed by atoms with E-state index in [1.165, 1.54) is 23.3 Å². The van der Waals surface area contributed by atoms with E-state index >= 15 is 0 Å². The number of nitrogens with one attached hydrogen (secondary N) is 3. The highest BCUT2D eigenvalue weighted by atomic mass is 32.2. The summed E-state index contributed by atoms with van der Waals surface area (Å²) in [5, 5.41) is 20.8. The number of hydrogen-bond donors (Lipinski definition) is 4. The summed E-state index contributed by atoms with van der Waals surface area (Å²) in [6, 6.07) is 11.4. The molecule has 0 radical (unpaired) electrons. The Morgan fingerprint density at radius 2 is 2.12 bits per heavy atom. The van der Waals surface area contributed by atoms with Gasteiger partial charge in [-0.25, -0.2) is 4.21 Å². The molecule has 1 aliphatic rings. The molecule has 3 atom stereocenters. The predicted molar refractivity (Wildman–Crippen MR) is 133 cm³/mol. The molecular weight excluding hydrogens is 503 g/mol. The van der Waals surface area contributed by atoms with Crippen molar-refractivity contribution in [1.29, 1.82) is 0 Å². The number of benzene rings is 1. The molecule has 2 aromatic heterocycles. The Balaban J connectivity index is 1.49. The zero-order chi connectivity index (χ0) is 23.2. The van der Waals surface area contributed by atoms with Gasteiger partial charge in [-0.15, -0.1) is 33.3 Å². The van der Waals surface area contributed by atoms with Crippen LogP contribution in [0.25, 0.3) is 0 Å². The van der Waals surface area contributed by atoms with Crippen LogP contribution in [-0.4, -0.2) is 38.1 Å². The van der Waals surface area contributed by atoms with E-state index in [0.717, 1.165) is 11.3 Å². The maximum Gasteiger partial charge on any atom is 0.312 e. The third-order valence-corrected chi connectivity index (χ3v) is 8.08. The second-order valence-electron chi connectivity index (χ2n) is 6.95. The number of thioether (sulfide) groups is 1. The Bertz CT molecular complexity index is 1130. The molecule has 0 bridgehead atoms. The molecule has 174 valence electrons. The van der Waals surface area contributed by atoms with Gasteiger partial charge in [-0.3, -0.25) is 14.1 Å². The van der Waals surface area contributed by atoms with Crippen LogP contribution in [0.2, 0.25) is 0 Å². The van der Waals surface area contributed by atoms with Gasteiger partial charge in [0.2, 0.25) is 5.13 Å². The van der Waals surface area contributed by atoms with Crippen molar-refractivity contribution in [3.05, 3.63) is 68.3 Å². The highest BCUT2D eigenvalue weighted by molar-refractivity contribution is 8.02. The maximum absolute atomic E-state index is 11.5. The van der Waals surface area contributed by atoms with Crippen molar-refractivity contribution in [2.45, 2.75) is 24.3 Å². The first-order valence-electron chi connectivity index (χ1n) is 9.78. The Hall–Kier alpha value is -2.45. The Kier molecular flexibility index (Phi) is 7.98. The Morgan fingerprint density at radius 3 is 2.82 bits per heavy atom. The van der Waals surface area contributed by atoms with Crippen molar-refractivity contribution >= 4 is 62.5 Å². The van der Waals surface area contributed by atoms with Crippen LogP contribution in [0, 0.1) is 0 Å². The fourth-order valence-corrected chi connectivity index (χ4v) is 6.17. The third-order valence-electron chi connectivity index (χ3n) is 4.69. The first-order chi connectivity index (χ1) is 16.0. The van der Waals surface area contributed by atoms with Gasteiger partial charge in [-0.05, 0) is 41.0 Å². The summed E-state index contributed by atoms with van der Waals surface area (Å²) < 4.78 is 27.1. The van der Waals surface area contributed by atoms with Gasteiger partial charge < -0.3 is 15.4 Å². The van der Waals surface area contributed by atoms with Crippen molar-refractivity contribution in [3.8, 4) is 0 Å². The fraction of sp³-hybridized carbons (Fsp3) is 0.250. The molecule has 0 saturated heterocycles. The summed E-state index contributed by atoms with van der Waals surface area (Å²) in [5.41, 5.74) is 2.63. The lowest BCUT2D eigenvalue weighted by Crippen LogP contribution is -2.31. The van der Waals surface area contributed by atoms with Gasteiger partial charge in [0, 0.05) is 16.3 Å². The van der Waals surface area contributed by atoms with Gasteiger partial charge in [0.1, 0.15) is 10.4 Å². The quantitative estimate of drug-likeness (QED) is 0.232. The summed E-state index contributed by atoms with van der Waals surface area (Å²) in [6.45, 7) is 0. The summed E-state index contributed by atoms with van der Waals surface area (Å²) in [7, 11) is 1.34. The number of ether oxygens (including phenoxy) is 1. The average Bonchev–Trinajstić information content (AvgIpc) is 3.56. The first kappa shape index (κ1) is 23.7. The summed E-state index contributed by atoms with van der Waals surface area (Å²) >= 11 is 2.62. The van der Waals surface area contributed by atoms with Crippen molar-refractivity contribution in [2.75, 3.05) is 17.1 Å². The molecule has 0 fully saturated rings. The number of hydrogen-bond acceptors (Lipinski definition) is 10. The highest BCUT2D eigenvalue weighted by Crippen LogP contribution is 2.38. The van der Waals surface area contributed by atoms with Crippen LogP contribution in [0.4, 0.5) is 10.8 Å². The normalized spacial score (nSPS) is 17.0. The number of anilines is 2. The summed E-state index contributed by atoms with van der Waals surface area (Å²) in [4.78, 5) is 12.8. The number of thiophene rings is 1. The van der Waals surface area contributed by atoms with Crippen LogP contribution in [0.1, 0.15) is 20.8 Å². The van der Waals surface area contributed by atoms with Gasteiger partial charge in [0.25, 0.3) is 11.3 Å². The van der Waals surface area contributed by atoms with E-state index in [1.807, 2.05) is 18.2 Å². The zero-order valence-electron chi connectivity index (χ0n) is 17.4. The number of carbonyl (C=O) groups excluding carboxylic acids is 1. The van der Waals surface area contributed by atoms with Crippen molar-refractivity contribution in [3.63, 3.8) is 0 Å². The zero-order valence-corrected chi connectivity index (χ0v) is 20.7. The molecule has 0 saturated carbocycles. The topological polar surface area (TPSA) is 125 Å². The second kappa shape index (κ2) is 11.1. The largest absolute Gasteiger partial charge is 0.469 e. The number of methoxy groups -OCH3 is 1. The SMILES string of the molecule is COC(=O)Cc1nnc(N[C@@H](Cc2ccc(NS(=O)O)cc2)C2=CSC(c3cccs3)N2)s1. The lowest BCUT2D eigenvalue weighted by Gasteiger charge is -2.21. The van der Waals surface area contributed by atoms with E-state index in [0.29, 0.717) is 22.2 Å². The molecule has 3 heterocycles. The van der Waals surface area contributed by atoms with Crippen LogP contribution in [0.5, 0.6) is 0 Å². The molecule has 1 aromatic carbocycles. The molecule has 0 amide bonds. The predicted octanol–water partition coefficient (Wildman–Crippen LogP) is 3.76. The number of aromatic nitrogens is 2. The standard InChI is InChI=1S/C20H21N5O4S4/c1-29-18(26)10-17-23-24-20(32-17)22-14(9-12-4-6-13(7-5-12)25-33(27)28)15-11-31-19(21-15)16-3-2-8-30-16/h2-8,11,14,19,21,25H,9-10H2,1H3,(H,22,24)(H,27,28)/t14-,19?/m0/s1. The lowest BCUT2D eigenvalue weighted by molar-refractivity contribution is -0.139. The van der Waals surface area contributed by atoms with Crippen LogP contribution < -0.4 is 15.4 Å². The van der Waals surface area contributed by atoms with Gasteiger partial charge in [-0.1, -0.05) is 29.5 Å². The monoisotopic (exact) mass is 523 g/mol. The van der Waals surface area contributed by atoms with E-state index in [4.69, 9.17) is 9.29 Å². The van der Waals surface area contributed by atoms with E-state index in [-0.39, 0.29) is 23.8 Å².